The fourth-order valence-corrected chi connectivity index (χ4v) is 4.43. The average Bonchev–Trinajstić information content (AvgIpc) is 2.73. The molecule has 8 heteroatoms. The van der Waals surface area contributed by atoms with Gasteiger partial charge in [0.2, 0.25) is 15.9 Å². The van der Waals surface area contributed by atoms with E-state index in [1.807, 2.05) is 26.8 Å². The summed E-state index contributed by atoms with van der Waals surface area (Å²) in [6.07, 6.45) is 3.11. The van der Waals surface area contributed by atoms with Crippen LogP contribution in [0.4, 0.5) is 11.4 Å². The first-order valence-electron chi connectivity index (χ1n) is 10.7. The first-order chi connectivity index (χ1) is 15.1. The molecule has 0 radical (unpaired) electrons. The van der Waals surface area contributed by atoms with Crippen LogP contribution in [-0.2, 0) is 19.6 Å². The molecule has 0 aliphatic heterocycles. The van der Waals surface area contributed by atoms with Crippen LogP contribution < -0.4 is 9.62 Å². The zero-order valence-corrected chi connectivity index (χ0v) is 20.2. The first-order valence-corrected chi connectivity index (χ1v) is 12.6. The maximum atomic E-state index is 13.0. The van der Waals surface area contributed by atoms with Gasteiger partial charge in [-0.05, 0) is 74.2 Å². The van der Waals surface area contributed by atoms with Crippen molar-refractivity contribution in [2.24, 2.45) is 0 Å². The molecule has 174 valence electrons. The molecule has 32 heavy (non-hydrogen) atoms. The summed E-state index contributed by atoms with van der Waals surface area (Å²) in [7, 11) is -3.71. The number of rotatable bonds is 10. The number of nitrogens with one attached hydrogen (secondary N) is 1. The van der Waals surface area contributed by atoms with Crippen LogP contribution in [-0.4, -0.2) is 39.2 Å². The summed E-state index contributed by atoms with van der Waals surface area (Å²) < 4.78 is 31.6. The molecular weight excluding hydrogens is 428 g/mol. The number of unbranched alkanes of at least 4 members (excludes halogenated alkanes) is 1. The highest BCUT2D eigenvalue weighted by Gasteiger charge is 2.31. The van der Waals surface area contributed by atoms with Crippen LogP contribution in [0.5, 0.6) is 0 Å². The molecule has 2 aromatic carbocycles. The molecular formula is C24H32N2O5S. The van der Waals surface area contributed by atoms with Gasteiger partial charge >= 0.3 is 5.97 Å². The minimum absolute atomic E-state index is 0.285. The second-order valence-corrected chi connectivity index (χ2v) is 9.67. The van der Waals surface area contributed by atoms with Crippen LogP contribution in [0.25, 0.3) is 0 Å². The lowest BCUT2D eigenvalue weighted by Gasteiger charge is -2.30. The van der Waals surface area contributed by atoms with Gasteiger partial charge in [-0.3, -0.25) is 9.10 Å². The van der Waals surface area contributed by atoms with Crippen molar-refractivity contribution in [3.63, 3.8) is 0 Å². The minimum atomic E-state index is -3.71. The molecule has 0 saturated heterocycles. The van der Waals surface area contributed by atoms with Crippen molar-refractivity contribution in [2.45, 2.75) is 53.0 Å². The van der Waals surface area contributed by atoms with Crippen molar-refractivity contribution in [1.82, 2.24) is 0 Å². The van der Waals surface area contributed by atoms with Crippen molar-refractivity contribution in [3.8, 4) is 0 Å². The van der Waals surface area contributed by atoms with Gasteiger partial charge in [0.05, 0.1) is 24.1 Å². The molecule has 7 nitrogen and oxygen atoms in total. The molecule has 1 amide bonds. The Morgan fingerprint density at radius 1 is 1.03 bits per heavy atom. The highest BCUT2D eigenvalue weighted by Crippen LogP contribution is 2.25. The van der Waals surface area contributed by atoms with Crippen LogP contribution in [0, 0.1) is 13.8 Å². The number of hydrogen-bond acceptors (Lipinski definition) is 5. The largest absolute Gasteiger partial charge is 0.462 e. The molecule has 0 saturated carbocycles. The first kappa shape index (κ1) is 25.4. The highest BCUT2D eigenvalue weighted by molar-refractivity contribution is 7.92. The van der Waals surface area contributed by atoms with Gasteiger partial charge in [-0.1, -0.05) is 26.3 Å². The lowest BCUT2D eigenvalue weighted by molar-refractivity contribution is -0.117. The summed E-state index contributed by atoms with van der Waals surface area (Å²) in [5.74, 6) is -0.866. The molecule has 2 rings (SSSR count). The summed E-state index contributed by atoms with van der Waals surface area (Å²) in [5, 5.41) is 2.76. The molecule has 0 aromatic heterocycles. The van der Waals surface area contributed by atoms with E-state index in [1.54, 1.807) is 43.3 Å². The smallest absolute Gasteiger partial charge is 0.338 e. The van der Waals surface area contributed by atoms with Gasteiger partial charge in [-0.15, -0.1) is 0 Å². The van der Waals surface area contributed by atoms with Crippen LogP contribution in [0.1, 0.15) is 54.6 Å². The van der Waals surface area contributed by atoms with Gasteiger partial charge in [0.25, 0.3) is 0 Å². The highest BCUT2D eigenvalue weighted by atomic mass is 32.2. The molecule has 0 bridgehead atoms. The van der Waals surface area contributed by atoms with Gasteiger partial charge in [0, 0.05) is 5.69 Å². The van der Waals surface area contributed by atoms with Crippen molar-refractivity contribution in [2.75, 3.05) is 22.5 Å². The summed E-state index contributed by atoms with van der Waals surface area (Å²) >= 11 is 0. The Kier molecular flexibility index (Phi) is 8.83. The monoisotopic (exact) mass is 460 g/mol. The number of nitrogens with zero attached hydrogens (tertiary/aromatic N) is 1. The zero-order chi connectivity index (χ0) is 23.9. The number of carbonyl (C=O) groups is 2. The van der Waals surface area contributed by atoms with Crippen molar-refractivity contribution in [3.05, 3.63) is 59.2 Å². The predicted molar refractivity (Wildman–Crippen MR) is 128 cm³/mol. The Morgan fingerprint density at radius 2 is 1.69 bits per heavy atom. The number of esters is 1. The predicted octanol–water partition coefficient (Wildman–Crippen LogP) is 4.44. The van der Waals surface area contributed by atoms with E-state index in [0.717, 1.165) is 34.5 Å². The average molecular weight is 461 g/mol. The normalized spacial score (nSPS) is 12.2. The number of anilines is 2. The number of carbonyl (C=O) groups excluding carboxylic acids is 2. The van der Waals surface area contributed by atoms with E-state index in [-0.39, 0.29) is 6.42 Å². The van der Waals surface area contributed by atoms with Crippen molar-refractivity contribution in [1.29, 1.82) is 0 Å². The Morgan fingerprint density at radius 3 is 2.22 bits per heavy atom. The Hall–Kier alpha value is -2.87. The summed E-state index contributed by atoms with van der Waals surface area (Å²) in [6.45, 7) is 7.98. The van der Waals surface area contributed by atoms with Crippen LogP contribution in [0.2, 0.25) is 0 Å². The molecule has 1 N–H and O–H groups in total. The molecule has 0 aliphatic carbocycles. The molecule has 1 atom stereocenters. The van der Waals surface area contributed by atoms with Gasteiger partial charge in [-0.25, -0.2) is 13.2 Å². The summed E-state index contributed by atoms with van der Waals surface area (Å²) in [6, 6.07) is 10.7. The lowest BCUT2D eigenvalue weighted by atomic mass is 10.1. The van der Waals surface area contributed by atoms with Crippen LogP contribution in [0.3, 0.4) is 0 Å². The van der Waals surface area contributed by atoms with E-state index in [9.17, 15) is 18.0 Å². The molecule has 0 unspecified atom stereocenters. The van der Waals surface area contributed by atoms with E-state index in [0.29, 0.717) is 23.5 Å². The third-order valence-electron chi connectivity index (χ3n) is 5.19. The zero-order valence-electron chi connectivity index (χ0n) is 19.3. The third kappa shape index (κ3) is 6.56. The van der Waals surface area contributed by atoms with Crippen molar-refractivity contribution >= 4 is 33.3 Å². The summed E-state index contributed by atoms with van der Waals surface area (Å²) in [5.41, 5.74) is 3.27. The number of sulfonamides is 1. The maximum Gasteiger partial charge on any atom is 0.338 e. The molecule has 0 aliphatic rings. The molecule has 0 fully saturated rings. The van der Waals surface area contributed by atoms with Gasteiger partial charge in [0.15, 0.2) is 0 Å². The Labute approximate surface area is 190 Å². The number of benzene rings is 2. The standard InChI is InChI=1S/C24H32N2O5S/c1-6-8-15-31-24(28)19-10-12-20(13-11-19)25-23(27)22(7-2)26(32(5,29)30)21-14-9-17(3)18(4)16-21/h9-14,16,22H,6-8,15H2,1-5H3,(H,25,27)/t22-/m0/s1. The Bertz CT molecular complexity index is 1050. The third-order valence-corrected chi connectivity index (χ3v) is 6.37. The van der Waals surface area contributed by atoms with Gasteiger partial charge < -0.3 is 10.1 Å². The van der Waals surface area contributed by atoms with E-state index >= 15 is 0 Å². The van der Waals surface area contributed by atoms with E-state index in [1.165, 1.54) is 0 Å². The molecule has 0 spiro atoms. The minimum Gasteiger partial charge on any atom is -0.462 e. The quantitative estimate of drug-likeness (QED) is 0.418. The topological polar surface area (TPSA) is 92.8 Å². The van der Waals surface area contributed by atoms with E-state index < -0.39 is 27.9 Å². The summed E-state index contributed by atoms with van der Waals surface area (Å²) in [4.78, 5) is 25.1. The molecule has 0 heterocycles. The number of hydrogen-bond donors (Lipinski definition) is 1. The fraction of sp³-hybridized carbons (Fsp3) is 0.417. The van der Waals surface area contributed by atoms with Gasteiger partial charge in [-0.2, -0.15) is 0 Å². The number of aryl methyl sites for hydroxylation is 2. The van der Waals surface area contributed by atoms with Crippen molar-refractivity contribution < 1.29 is 22.7 Å². The Balaban J connectivity index is 2.21. The van der Waals surface area contributed by atoms with Gasteiger partial charge in [0.1, 0.15) is 6.04 Å². The van der Waals surface area contributed by atoms with Crippen LogP contribution >= 0.6 is 0 Å². The van der Waals surface area contributed by atoms with Crippen LogP contribution in [0.15, 0.2) is 42.5 Å². The maximum absolute atomic E-state index is 13.0. The second kappa shape index (κ2) is 11.1. The molecule has 2 aromatic rings. The number of ether oxygens (including phenoxy) is 1. The second-order valence-electron chi connectivity index (χ2n) is 7.81. The fourth-order valence-electron chi connectivity index (χ4n) is 3.23. The lowest BCUT2D eigenvalue weighted by Crippen LogP contribution is -2.47. The SMILES string of the molecule is CCCCOC(=O)c1ccc(NC(=O)[C@H](CC)N(c2ccc(C)c(C)c2)S(C)(=O)=O)cc1. The van der Waals surface area contributed by atoms with E-state index in [2.05, 4.69) is 5.32 Å². The number of amides is 1. The van der Waals surface area contributed by atoms with E-state index in [4.69, 9.17) is 4.74 Å².